The quantitative estimate of drug-likeness (QED) is 0.437. The molecule has 0 spiro atoms. The second-order valence-corrected chi connectivity index (χ2v) is 9.83. The number of aliphatic hydroxyl groups excluding tert-OH is 1. The van der Waals surface area contributed by atoms with Crippen molar-refractivity contribution in [2.24, 2.45) is 5.92 Å². The summed E-state index contributed by atoms with van der Waals surface area (Å²) in [6.45, 7) is 11.6. The Labute approximate surface area is 166 Å². The molecule has 0 fully saturated rings. The molecule has 150 valence electrons. The van der Waals surface area contributed by atoms with Crippen molar-refractivity contribution in [2.45, 2.75) is 96.5 Å². The molecular formula is C25H38O2. The number of allylic oxidation sites excluding steroid dienone is 1. The van der Waals surface area contributed by atoms with Gasteiger partial charge in [0, 0.05) is 5.92 Å². The molecule has 0 radical (unpaired) electrons. The van der Waals surface area contributed by atoms with E-state index in [1.54, 1.807) is 0 Å². The summed E-state index contributed by atoms with van der Waals surface area (Å²) in [6.07, 6.45) is 10.6. The monoisotopic (exact) mass is 370 g/mol. The lowest BCUT2D eigenvalue weighted by atomic mass is 9.67. The topological polar surface area (TPSA) is 29.5 Å². The zero-order valence-corrected chi connectivity index (χ0v) is 18.0. The van der Waals surface area contributed by atoms with Gasteiger partial charge in [-0.1, -0.05) is 64.7 Å². The van der Waals surface area contributed by atoms with Crippen LogP contribution in [0.4, 0.5) is 0 Å². The Morgan fingerprint density at radius 2 is 1.96 bits per heavy atom. The normalized spacial score (nSPS) is 23.9. The number of benzene rings is 1. The van der Waals surface area contributed by atoms with Gasteiger partial charge >= 0.3 is 0 Å². The zero-order chi connectivity index (χ0) is 19.7. The smallest absolute Gasteiger partial charge is 0.123 e. The van der Waals surface area contributed by atoms with Crippen molar-refractivity contribution in [3.63, 3.8) is 0 Å². The Hall–Kier alpha value is -1.28. The van der Waals surface area contributed by atoms with E-state index >= 15 is 0 Å². The highest BCUT2D eigenvalue weighted by molar-refractivity contribution is 5.46. The summed E-state index contributed by atoms with van der Waals surface area (Å²) in [6, 6.07) is 6.95. The molecule has 1 aromatic rings. The fourth-order valence-corrected chi connectivity index (χ4v) is 5.04. The molecule has 2 nitrogen and oxygen atoms in total. The highest BCUT2D eigenvalue weighted by Gasteiger charge is 2.44. The number of ether oxygens (including phenoxy) is 1. The molecule has 3 rings (SSSR count). The van der Waals surface area contributed by atoms with Gasteiger partial charge in [0.05, 0.1) is 6.61 Å². The molecule has 0 bridgehead atoms. The average Bonchev–Trinajstić information content (AvgIpc) is 2.64. The predicted octanol–water partition coefficient (Wildman–Crippen LogP) is 6.52. The maximum atomic E-state index is 9.63. The fraction of sp³-hybridized carbons (Fsp3) is 0.680. The first kappa shape index (κ1) is 20.5. The van der Waals surface area contributed by atoms with E-state index in [-0.39, 0.29) is 17.6 Å². The third-order valence-electron chi connectivity index (χ3n) is 6.95. The van der Waals surface area contributed by atoms with E-state index in [9.17, 15) is 5.11 Å². The molecule has 0 unspecified atom stereocenters. The summed E-state index contributed by atoms with van der Waals surface area (Å²) in [5, 5.41) is 9.63. The van der Waals surface area contributed by atoms with E-state index in [1.807, 2.05) is 0 Å². The summed E-state index contributed by atoms with van der Waals surface area (Å²) >= 11 is 0. The minimum Gasteiger partial charge on any atom is -0.487 e. The van der Waals surface area contributed by atoms with Crippen molar-refractivity contribution in [3.05, 3.63) is 41.0 Å². The molecule has 1 aliphatic carbocycles. The van der Waals surface area contributed by atoms with Gasteiger partial charge in [-0.3, -0.25) is 0 Å². The molecule has 0 saturated carbocycles. The maximum absolute atomic E-state index is 9.63. The van der Waals surface area contributed by atoms with E-state index in [1.165, 1.54) is 48.8 Å². The molecular weight excluding hydrogens is 332 g/mol. The van der Waals surface area contributed by atoms with E-state index in [0.717, 1.165) is 18.6 Å². The molecule has 0 amide bonds. The van der Waals surface area contributed by atoms with Gasteiger partial charge in [-0.15, -0.1) is 0 Å². The minimum atomic E-state index is -0.168. The van der Waals surface area contributed by atoms with Crippen LogP contribution in [-0.4, -0.2) is 17.3 Å². The average molecular weight is 371 g/mol. The lowest BCUT2D eigenvalue weighted by Gasteiger charge is -2.47. The molecule has 1 aliphatic heterocycles. The Balaban J connectivity index is 1.85. The molecule has 1 heterocycles. The lowest BCUT2D eigenvalue weighted by Crippen LogP contribution is -2.45. The second kappa shape index (κ2) is 7.99. The largest absolute Gasteiger partial charge is 0.487 e. The molecule has 27 heavy (non-hydrogen) atoms. The van der Waals surface area contributed by atoms with Gasteiger partial charge < -0.3 is 9.84 Å². The van der Waals surface area contributed by atoms with Gasteiger partial charge in [0.15, 0.2) is 0 Å². The van der Waals surface area contributed by atoms with Crippen LogP contribution in [-0.2, 0) is 5.41 Å². The van der Waals surface area contributed by atoms with E-state index in [2.05, 4.69) is 58.9 Å². The van der Waals surface area contributed by atoms with Gasteiger partial charge in [0.25, 0.3) is 0 Å². The summed E-state index contributed by atoms with van der Waals surface area (Å²) in [7, 11) is 0. The number of hydrogen-bond donors (Lipinski definition) is 1. The van der Waals surface area contributed by atoms with Crippen LogP contribution >= 0.6 is 0 Å². The van der Waals surface area contributed by atoms with Gasteiger partial charge in [-0.25, -0.2) is 0 Å². The Morgan fingerprint density at radius 3 is 2.67 bits per heavy atom. The van der Waals surface area contributed by atoms with Crippen molar-refractivity contribution in [1.82, 2.24) is 0 Å². The highest BCUT2D eigenvalue weighted by atomic mass is 16.5. The number of unbranched alkanes of at least 4 members (excludes halogenated alkanes) is 3. The summed E-state index contributed by atoms with van der Waals surface area (Å²) in [4.78, 5) is 0. The number of rotatable bonds is 7. The molecule has 2 aliphatic rings. The maximum Gasteiger partial charge on any atom is 0.123 e. The van der Waals surface area contributed by atoms with Crippen molar-refractivity contribution in [1.29, 1.82) is 0 Å². The van der Waals surface area contributed by atoms with Crippen LogP contribution in [0.3, 0.4) is 0 Å². The van der Waals surface area contributed by atoms with Crippen LogP contribution in [0.5, 0.6) is 5.75 Å². The van der Waals surface area contributed by atoms with Crippen molar-refractivity contribution >= 4 is 0 Å². The number of hydrogen-bond acceptors (Lipinski definition) is 2. The number of fused-ring (bicyclic) bond motifs is 3. The first-order valence-corrected chi connectivity index (χ1v) is 10.9. The van der Waals surface area contributed by atoms with Gasteiger partial charge in [0.2, 0.25) is 0 Å². The second-order valence-electron chi connectivity index (χ2n) is 9.83. The zero-order valence-electron chi connectivity index (χ0n) is 18.0. The summed E-state index contributed by atoms with van der Waals surface area (Å²) in [5.74, 6) is 2.00. The van der Waals surface area contributed by atoms with Crippen LogP contribution in [0.25, 0.3) is 0 Å². The third kappa shape index (κ3) is 4.26. The van der Waals surface area contributed by atoms with E-state index in [4.69, 9.17) is 4.74 Å². The van der Waals surface area contributed by atoms with Gasteiger partial charge in [-0.2, -0.15) is 0 Å². The first-order valence-electron chi connectivity index (χ1n) is 10.9. The fourth-order valence-electron chi connectivity index (χ4n) is 5.04. The Bertz CT molecular complexity index is 684. The molecule has 0 aromatic heterocycles. The lowest BCUT2D eigenvalue weighted by molar-refractivity contribution is 0.00758. The van der Waals surface area contributed by atoms with Crippen LogP contribution in [0, 0.1) is 5.92 Å². The molecule has 2 heteroatoms. The van der Waals surface area contributed by atoms with Crippen LogP contribution in [0.1, 0.15) is 96.6 Å². The summed E-state index contributed by atoms with van der Waals surface area (Å²) in [5.41, 5.74) is 3.92. The van der Waals surface area contributed by atoms with Crippen LogP contribution in [0.2, 0.25) is 0 Å². The third-order valence-corrected chi connectivity index (χ3v) is 6.95. The molecule has 0 saturated heterocycles. The van der Waals surface area contributed by atoms with Gasteiger partial charge in [0.1, 0.15) is 11.4 Å². The van der Waals surface area contributed by atoms with Crippen molar-refractivity contribution < 1.29 is 9.84 Å². The highest BCUT2D eigenvalue weighted by Crippen LogP contribution is 2.52. The van der Waals surface area contributed by atoms with E-state index < -0.39 is 0 Å². The Kier molecular flexibility index (Phi) is 6.05. The standard InChI is InChI=1S/C25H38O2/c1-6-7-8-9-14-24(2,3)19-11-12-20-21-15-18(17-26)10-13-22(21)25(4,5)27-23(20)16-19/h10-12,16,21-22,26H,6-9,13-15,17H2,1-5H3/t21-,22-/m1/s1. The Morgan fingerprint density at radius 1 is 1.19 bits per heavy atom. The molecule has 1 aromatic carbocycles. The van der Waals surface area contributed by atoms with Gasteiger partial charge in [-0.05, 0) is 67.2 Å². The van der Waals surface area contributed by atoms with Crippen molar-refractivity contribution in [2.75, 3.05) is 6.61 Å². The SMILES string of the molecule is CCCCCCC(C)(C)c1ccc2c(c1)OC(C)(C)[C@@H]1CC=C(CO)C[C@H]21. The first-order chi connectivity index (χ1) is 12.8. The number of aliphatic hydroxyl groups is 1. The molecule has 2 atom stereocenters. The molecule has 1 N–H and O–H groups in total. The van der Waals surface area contributed by atoms with Crippen molar-refractivity contribution in [3.8, 4) is 5.75 Å². The predicted molar refractivity (Wildman–Crippen MR) is 114 cm³/mol. The summed E-state index contributed by atoms with van der Waals surface area (Å²) < 4.78 is 6.54. The van der Waals surface area contributed by atoms with Crippen LogP contribution in [0.15, 0.2) is 29.8 Å². The minimum absolute atomic E-state index is 0.168. The van der Waals surface area contributed by atoms with E-state index in [0.29, 0.717) is 11.8 Å². The van der Waals surface area contributed by atoms with Crippen LogP contribution < -0.4 is 4.74 Å².